The van der Waals surface area contributed by atoms with Gasteiger partial charge in [0.1, 0.15) is 11.5 Å². The van der Waals surface area contributed by atoms with Crippen molar-refractivity contribution in [2.24, 2.45) is 0 Å². The molecule has 2 aromatic heterocycles. The van der Waals surface area contributed by atoms with Crippen LogP contribution in [-0.2, 0) is 6.54 Å². The van der Waals surface area contributed by atoms with Crippen LogP contribution in [0.25, 0.3) is 0 Å². The second-order valence-electron chi connectivity index (χ2n) is 4.69. The first kappa shape index (κ1) is 15.0. The summed E-state index contributed by atoms with van der Waals surface area (Å²) in [6.07, 6.45) is 4.84. The molecule has 0 radical (unpaired) electrons. The molecule has 0 aliphatic carbocycles. The normalized spacial score (nSPS) is 12.1. The van der Waals surface area contributed by atoms with Gasteiger partial charge in [-0.3, -0.25) is 9.59 Å². The number of aryl methyl sites for hydroxylation is 1. The van der Waals surface area contributed by atoms with Crippen molar-refractivity contribution in [1.82, 2.24) is 25.1 Å². The number of nitrogens with one attached hydrogen (secondary N) is 2. The van der Waals surface area contributed by atoms with Gasteiger partial charge in [-0.2, -0.15) is 5.10 Å². The second kappa shape index (κ2) is 6.83. The van der Waals surface area contributed by atoms with Crippen LogP contribution in [-0.4, -0.2) is 25.7 Å². The number of aromatic amines is 1. The Labute approximate surface area is 122 Å². The zero-order chi connectivity index (χ0) is 15.2. The first-order valence-corrected chi connectivity index (χ1v) is 7.04. The summed E-state index contributed by atoms with van der Waals surface area (Å²) >= 11 is 0. The van der Waals surface area contributed by atoms with Crippen LogP contribution in [0.5, 0.6) is 0 Å². The molecule has 112 valence electrons. The summed E-state index contributed by atoms with van der Waals surface area (Å²) in [5.41, 5.74) is 0.0273. The molecule has 0 fully saturated rings. The zero-order valence-electron chi connectivity index (χ0n) is 12.2. The molecule has 21 heavy (non-hydrogen) atoms. The minimum atomic E-state index is -0.317. The molecular weight excluding hydrogens is 270 g/mol. The van der Waals surface area contributed by atoms with Gasteiger partial charge in [0.25, 0.3) is 11.5 Å². The molecule has 0 spiro atoms. The summed E-state index contributed by atoms with van der Waals surface area (Å²) in [4.78, 5) is 31.0. The molecule has 2 heterocycles. The molecule has 2 N–H and O–H groups in total. The Morgan fingerprint density at radius 3 is 2.86 bits per heavy atom. The van der Waals surface area contributed by atoms with Crippen LogP contribution >= 0.6 is 0 Å². The molecule has 0 aliphatic heterocycles. The third kappa shape index (κ3) is 3.56. The van der Waals surface area contributed by atoms with Crippen LogP contribution in [0, 0.1) is 0 Å². The molecule has 0 saturated heterocycles. The van der Waals surface area contributed by atoms with Gasteiger partial charge < -0.3 is 10.3 Å². The highest BCUT2D eigenvalue weighted by Crippen LogP contribution is 2.11. The van der Waals surface area contributed by atoms with E-state index in [0.29, 0.717) is 18.8 Å². The van der Waals surface area contributed by atoms with Crippen LogP contribution in [0.2, 0.25) is 0 Å². The maximum absolute atomic E-state index is 12.2. The van der Waals surface area contributed by atoms with Gasteiger partial charge in [0.15, 0.2) is 0 Å². The van der Waals surface area contributed by atoms with Gasteiger partial charge in [0.2, 0.25) is 0 Å². The number of H-pyrrole nitrogens is 1. The number of hydrogen-bond acceptors (Lipinski definition) is 4. The molecule has 1 unspecified atom stereocenters. The molecule has 1 atom stereocenters. The molecule has 0 aliphatic rings. The third-order valence-corrected chi connectivity index (χ3v) is 3.10. The van der Waals surface area contributed by atoms with E-state index >= 15 is 0 Å². The van der Waals surface area contributed by atoms with Crippen molar-refractivity contribution in [1.29, 1.82) is 0 Å². The molecule has 2 rings (SSSR count). The second-order valence-corrected chi connectivity index (χ2v) is 4.69. The average molecular weight is 289 g/mol. The average Bonchev–Trinajstić information content (AvgIpc) is 3.01. The molecule has 1 amide bonds. The highest BCUT2D eigenvalue weighted by Gasteiger charge is 2.17. The third-order valence-electron chi connectivity index (χ3n) is 3.10. The van der Waals surface area contributed by atoms with Gasteiger partial charge in [-0.15, -0.1) is 0 Å². The van der Waals surface area contributed by atoms with E-state index in [9.17, 15) is 9.59 Å². The topological polar surface area (TPSA) is 92.7 Å². The number of carbonyl (C=O) groups excluding carboxylic acids is 1. The van der Waals surface area contributed by atoms with Gasteiger partial charge in [-0.1, -0.05) is 13.8 Å². The predicted octanol–water partition coefficient (Wildman–Crippen LogP) is 1.26. The Kier molecular flexibility index (Phi) is 4.86. The number of hydrogen-bond donors (Lipinski definition) is 2. The molecule has 0 aromatic carbocycles. The Balaban J connectivity index is 2.16. The Hall–Kier alpha value is -2.44. The number of amides is 1. The SMILES string of the molecule is CCCn1nc(C(=O)NC(CC)c2ncc[nH]2)ccc1=O. The number of imidazole rings is 1. The van der Waals surface area contributed by atoms with E-state index in [-0.39, 0.29) is 23.2 Å². The first-order chi connectivity index (χ1) is 10.2. The molecule has 2 aromatic rings. The lowest BCUT2D eigenvalue weighted by Crippen LogP contribution is -2.32. The maximum Gasteiger partial charge on any atom is 0.272 e. The Morgan fingerprint density at radius 2 is 2.24 bits per heavy atom. The largest absolute Gasteiger partial charge is 0.347 e. The standard InChI is InChI=1S/C14H19N5O2/c1-3-9-19-12(20)6-5-11(18-19)14(21)17-10(4-2)13-15-7-8-16-13/h5-8,10H,3-4,9H2,1-2H3,(H,15,16)(H,17,21). The lowest BCUT2D eigenvalue weighted by atomic mass is 10.2. The van der Waals surface area contributed by atoms with Crippen molar-refractivity contribution >= 4 is 5.91 Å². The minimum absolute atomic E-state index is 0.202. The Morgan fingerprint density at radius 1 is 1.43 bits per heavy atom. The fraction of sp³-hybridized carbons (Fsp3) is 0.429. The summed E-state index contributed by atoms with van der Waals surface area (Å²) < 4.78 is 1.31. The summed E-state index contributed by atoms with van der Waals surface area (Å²) in [6.45, 7) is 4.40. The quantitative estimate of drug-likeness (QED) is 0.837. The summed E-state index contributed by atoms with van der Waals surface area (Å²) in [6, 6.07) is 2.60. The summed E-state index contributed by atoms with van der Waals surface area (Å²) in [7, 11) is 0. The fourth-order valence-corrected chi connectivity index (χ4v) is 2.01. The van der Waals surface area contributed by atoms with Gasteiger partial charge in [-0.25, -0.2) is 9.67 Å². The first-order valence-electron chi connectivity index (χ1n) is 7.04. The van der Waals surface area contributed by atoms with E-state index in [1.807, 2.05) is 13.8 Å². The predicted molar refractivity (Wildman–Crippen MR) is 77.9 cm³/mol. The van der Waals surface area contributed by atoms with Crippen LogP contribution in [0.1, 0.15) is 49.0 Å². The molecule has 0 bridgehead atoms. The van der Waals surface area contributed by atoms with Crippen molar-refractivity contribution in [3.63, 3.8) is 0 Å². The van der Waals surface area contributed by atoms with Crippen LogP contribution in [0.15, 0.2) is 29.3 Å². The maximum atomic E-state index is 12.2. The van der Waals surface area contributed by atoms with E-state index in [1.54, 1.807) is 12.4 Å². The summed E-state index contributed by atoms with van der Waals surface area (Å²) in [5.74, 6) is 0.385. The molecule has 7 nitrogen and oxygen atoms in total. The van der Waals surface area contributed by atoms with Crippen molar-refractivity contribution in [2.75, 3.05) is 0 Å². The summed E-state index contributed by atoms with van der Waals surface area (Å²) in [5, 5.41) is 6.96. The van der Waals surface area contributed by atoms with E-state index in [2.05, 4.69) is 20.4 Å². The monoisotopic (exact) mass is 289 g/mol. The highest BCUT2D eigenvalue weighted by molar-refractivity contribution is 5.92. The number of rotatable bonds is 6. The van der Waals surface area contributed by atoms with E-state index in [4.69, 9.17) is 0 Å². The van der Waals surface area contributed by atoms with Gasteiger partial charge >= 0.3 is 0 Å². The van der Waals surface area contributed by atoms with Crippen molar-refractivity contribution in [3.05, 3.63) is 46.4 Å². The van der Waals surface area contributed by atoms with Gasteiger partial charge in [-0.05, 0) is 18.9 Å². The van der Waals surface area contributed by atoms with Gasteiger partial charge in [0.05, 0.1) is 6.04 Å². The van der Waals surface area contributed by atoms with Crippen molar-refractivity contribution < 1.29 is 4.79 Å². The Bertz CT molecular complexity index is 648. The molecule has 7 heteroatoms. The van der Waals surface area contributed by atoms with E-state index in [1.165, 1.54) is 16.8 Å². The zero-order valence-corrected chi connectivity index (χ0v) is 12.2. The van der Waals surface area contributed by atoms with E-state index < -0.39 is 0 Å². The molecular formula is C14H19N5O2. The number of aromatic nitrogens is 4. The fourth-order valence-electron chi connectivity index (χ4n) is 2.01. The number of carbonyl (C=O) groups is 1. The van der Waals surface area contributed by atoms with Crippen LogP contribution in [0.4, 0.5) is 0 Å². The van der Waals surface area contributed by atoms with Gasteiger partial charge in [0, 0.05) is 25.0 Å². The number of nitrogens with zero attached hydrogens (tertiary/aromatic N) is 3. The highest BCUT2D eigenvalue weighted by atomic mass is 16.2. The van der Waals surface area contributed by atoms with E-state index in [0.717, 1.165) is 6.42 Å². The van der Waals surface area contributed by atoms with Crippen molar-refractivity contribution in [3.8, 4) is 0 Å². The van der Waals surface area contributed by atoms with Crippen LogP contribution < -0.4 is 10.9 Å². The smallest absolute Gasteiger partial charge is 0.272 e. The lowest BCUT2D eigenvalue weighted by Gasteiger charge is -2.14. The van der Waals surface area contributed by atoms with Crippen molar-refractivity contribution in [2.45, 2.75) is 39.3 Å². The van der Waals surface area contributed by atoms with Crippen LogP contribution in [0.3, 0.4) is 0 Å². The minimum Gasteiger partial charge on any atom is -0.347 e. The lowest BCUT2D eigenvalue weighted by molar-refractivity contribution is 0.0926. The molecule has 0 saturated carbocycles.